The van der Waals surface area contributed by atoms with Crippen molar-refractivity contribution in [1.29, 1.82) is 0 Å². The molecule has 2 aliphatic rings. The Morgan fingerprint density at radius 2 is 1.91 bits per heavy atom. The summed E-state index contributed by atoms with van der Waals surface area (Å²) in [6, 6.07) is 14.4. The lowest BCUT2D eigenvalue weighted by Gasteiger charge is -2.29. The van der Waals surface area contributed by atoms with E-state index in [1.54, 1.807) is 0 Å². The maximum atomic E-state index is 13.0. The molecule has 0 spiro atoms. The zero-order valence-corrected chi connectivity index (χ0v) is 19.6. The number of benzene rings is 2. The number of piperazine rings is 1. The van der Waals surface area contributed by atoms with Crippen molar-refractivity contribution in [2.45, 2.75) is 0 Å². The van der Waals surface area contributed by atoms with Gasteiger partial charge in [-0.3, -0.25) is 4.79 Å². The van der Waals surface area contributed by atoms with Gasteiger partial charge in [-0.2, -0.15) is 0 Å². The fourth-order valence-corrected chi connectivity index (χ4v) is 5.56. The Morgan fingerprint density at radius 3 is 2.76 bits per heavy atom. The van der Waals surface area contributed by atoms with Gasteiger partial charge in [0.25, 0.3) is 5.91 Å². The van der Waals surface area contributed by atoms with E-state index >= 15 is 0 Å². The van der Waals surface area contributed by atoms with Crippen LogP contribution in [0.5, 0.6) is 0 Å². The number of carbonyl (C=O) groups is 1. The molecule has 0 saturated carbocycles. The summed E-state index contributed by atoms with van der Waals surface area (Å²) >= 11 is 1.53. The minimum absolute atomic E-state index is 0.100. The van der Waals surface area contributed by atoms with E-state index in [0.29, 0.717) is 5.95 Å². The van der Waals surface area contributed by atoms with E-state index in [4.69, 9.17) is 9.72 Å². The normalized spacial score (nSPS) is 16.8. The zero-order valence-electron chi connectivity index (χ0n) is 18.8. The van der Waals surface area contributed by atoms with Crippen LogP contribution < -0.4 is 15.5 Å². The number of hydrogen-bond donors (Lipinski definition) is 2. The molecule has 0 aliphatic carbocycles. The molecule has 2 saturated heterocycles. The van der Waals surface area contributed by atoms with Gasteiger partial charge in [-0.05, 0) is 36.4 Å². The molecule has 0 atom stereocenters. The van der Waals surface area contributed by atoms with Gasteiger partial charge < -0.3 is 25.2 Å². The van der Waals surface area contributed by atoms with Gasteiger partial charge in [0, 0.05) is 72.3 Å². The third-order valence-corrected chi connectivity index (χ3v) is 7.43. The van der Waals surface area contributed by atoms with Gasteiger partial charge in [-0.15, -0.1) is 11.3 Å². The summed E-state index contributed by atoms with van der Waals surface area (Å²) in [5, 5.41) is 8.61. The first-order valence-electron chi connectivity index (χ1n) is 11.6. The SMILES string of the molecule is O=C(c1cc2c(ccc3cnc(Nc4cccc(N5CCOCC5)c4)nc32)s1)N1CCNCC1. The minimum Gasteiger partial charge on any atom is -0.378 e. The van der Waals surface area contributed by atoms with Crippen LogP contribution in [0, 0.1) is 0 Å². The quantitative estimate of drug-likeness (QED) is 0.469. The van der Waals surface area contributed by atoms with Gasteiger partial charge in [0.1, 0.15) is 0 Å². The number of amides is 1. The highest BCUT2D eigenvalue weighted by atomic mass is 32.1. The van der Waals surface area contributed by atoms with E-state index in [2.05, 4.69) is 38.7 Å². The number of thiophene rings is 1. The number of anilines is 3. The number of morpholine rings is 1. The average Bonchev–Trinajstić information content (AvgIpc) is 3.34. The Kier molecular flexibility index (Phi) is 5.74. The molecule has 0 bridgehead atoms. The van der Waals surface area contributed by atoms with Gasteiger partial charge in [-0.1, -0.05) is 6.07 Å². The number of fused-ring (bicyclic) bond motifs is 3. The van der Waals surface area contributed by atoms with Gasteiger partial charge in [0.05, 0.1) is 23.6 Å². The predicted octanol–water partition coefficient (Wildman–Crippen LogP) is 3.47. The first-order chi connectivity index (χ1) is 16.7. The van der Waals surface area contributed by atoms with E-state index in [1.807, 2.05) is 35.4 Å². The standard InChI is InChI=1S/C25H26N6O2S/c32-24(31-8-6-26-7-9-31)22-15-20-21(34-22)5-4-17-16-27-25(29-23(17)20)28-18-2-1-3-19(14-18)30-10-12-33-13-11-30/h1-5,14-16,26H,6-13H2,(H,27,28,29). The molecular weight excluding hydrogens is 448 g/mol. The second-order valence-electron chi connectivity index (χ2n) is 8.54. The van der Waals surface area contributed by atoms with Gasteiger partial charge in [0.15, 0.2) is 0 Å². The second-order valence-corrected chi connectivity index (χ2v) is 9.62. The topological polar surface area (TPSA) is 82.6 Å². The Morgan fingerprint density at radius 1 is 1.06 bits per heavy atom. The van der Waals surface area contributed by atoms with Crippen LogP contribution in [0.4, 0.5) is 17.3 Å². The fourth-order valence-electron chi connectivity index (χ4n) is 4.53. The first-order valence-corrected chi connectivity index (χ1v) is 12.5. The minimum atomic E-state index is 0.100. The van der Waals surface area contributed by atoms with Crippen LogP contribution in [0.25, 0.3) is 21.0 Å². The summed E-state index contributed by atoms with van der Waals surface area (Å²) in [5.74, 6) is 0.642. The zero-order chi connectivity index (χ0) is 22.9. The molecule has 2 aromatic heterocycles. The van der Waals surface area contributed by atoms with Crippen LogP contribution >= 0.6 is 11.3 Å². The van der Waals surface area contributed by atoms with E-state index in [9.17, 15) is 4.79 Å². The molecular formula is C25H26N6O2S. The molecule has 2 aliphatic heterocycles. The van der Waals surface area contributed by atoms with Gasteiger partial charge in [-0.25, -0.2) is 9.97 Å². The number of nitrogens with one attached hydrogen (secondary N) is 2. The average molecular weight is 475 g/mol. The highest BCUT2D eigenvalue weighted by Gasteiger charge is 2.21. The van der Waals surface area contributed by atoms with Crippen molar-refractivity contribution in [1.82, 2.24) is 20.2 Å². The second kappa shape index (κ2) is 9.17. The van der Waals surface area contributed by atoms with Crippen LogP contribution in [0.1, 0.15) is 9.67 Å². The summed E-state index contributed by atoms with van der Waals surface area (Å²) in [7, 11) is 0. The van der Waals surface area contributed by atoms with Crippen LogP contribution in [0.3, 0.4) is 0 Å². The summed E-state index contributed by atoms with van der Waals surface area (Å²) < 4.78 is 6.53. The van der Waals surface area contributed by atoms with Gasteiger partial charge in [0.2, 0.25) is 5.95 Å². The number of carbonyl (C=O) groups excluding carboxylic acids is 1. The highest BCUT2D eigenvalue weighted by molar-refractivity contribution is 7.21. The summed E-state index contributed by atoms with van der Waals surface area (Å²) in [4.78, 5) is 27.4. The summed E-state index contributed by atoms with van der Waals surface area (Å²) in [6.45, 7) is 6.45. The fraction of sp³-hybridized carbons (Fsp3) is 0.320. The molecule has 2 N–H and O–H groups in total. The van der Waals surface area contributed by atoms with Crippen LogP contribution in [0.2, 0.25) is 0 Å². The Balaban J connectivity index is 1.30. The molecule has 1 amide bonds. The number of rotatable bonds is 4. The maximum Gasteiger partial charge on any atom is 0.264 e. The summed E-state index contributed by atoms with van der Waals surface area (Å²) in [6.07, 6.45) is 1.84. The third kappa shape index (κ3) is 4.18. The predicted molar refractivity (Wildman–Crippen MR) is 136 cm³/mol. The van der Waals surface area contributed by atoms with Crippen LogP contribution in [-0.4, -0.2) is 73.3 Å². The first kappa shape index (κ1) is 21.3. The maximum absolute atomic E-state index is 13.0. The molecule has 0 unspecified atom stereocenters. The van der Waals surface area contributed by atoms with Crippen molar-refractivity contribution in [3.8, 4) is 0 Å². The van der Waals surface area contributed by atoms with E-state index in [1.165, 1.54) is 11.3 Å². The van der Waals surface area contributed by atoms with Crippen molar-refractivity contribution in [2.24, 2.45) is 0 Å². The number of nitrogens with zero attached hydrogens (tertiary/aromatic N) is 4. The Labute approximate surface area is 201 Å². The van der Waals surface area contributed by atoms with Crippen molar-refractivity contribution in [3.05, 3.63) is 53.5 Å². The molecule has 8 nitrogen and oxygen atoms in total. The van der Waals surface area contributed by atoms with Crippen molar-refractivity contribution in [3.63, 3.8) is 0 Å². The van der Waals surface area contributed by atoms with Crippen molar-refractivity contribution >= 4 is 55.6 Å². The van der Waals surface area contributed by atoms with E-state index < -0.39 is 0 Å². The molecule has 2 fully saturated rings. The van der Waals surface area contributed by atoms with E-state index in [-0.39, 0.29) is 5.91 Å². The van der Waals surface area contributed by atoms with Crippen LogP contribution in [0.15, 0.2) is 48.7 Å². The number of aromatic nitrogens is 2. The lowest BCUT2D eigenvalue weighted by atomic mass is 10.1. The smallest absolute Gasteiger partial charge is 0.264 e. The molecule has 174 valence electrons. The Hall–Kier alpha value is -3.27. The molecule has 9 heteroatoms. The Bertz CT molecular complexity index is 1340. The molecule has 34 heavy (non-hydrogen) atoms. The summed E-state index contributed by atoms with van der Waals surface area (Å²) in [5.41, 5.74) is 2.95. The molecule has 2 aromatic carbocycles. The van der Waals surface area contributed by atoms with Gasteiger partial charge >= 0.3 is 0 Å². The van der Waals surface area contributed by atoms with E-state index in [0.717, 1.165) is 89.7 Å². The molecule has 4 heterocycles. The highest BCUT2D eigenvalue weighted by Crippen LogP contribution is 2.32. The molecule has 0 radical (unpaired) electrons. The lowest BCUT2D eigenvalue weighted by molar-refractivity contribution is 0.0741. The lowest BCUT2D eigenvalue weighted by Crippen LogP contribution is -2.46. The van der Waals surface area contributed by atoms with Crippen molar-refractivity contribution in [2.75, 3.05) is 62.7 Å². The monoisotopic (exact) mass is 474 g/mol. The molecule has 6 rings (SSSR count). The third-order valence-electron chi connectivity index (χ3n) is 6.34. The number of hydrogen-bond acceptors (Lipinski definition) is 8. The van der Waals surface area contributed by atoms with Crippen LogP contribution in [-0.2, 0) is 4.74 Å². The number of ether oxygens (including phenoxy) is 1. The largest absolute Gasteiger partial charge is 0.378 e. The molecule has 4 aromatic rings. The van der Waals surface area contributed by atoms with Crippen molar-refractivity contribution < 1.29 is 9.53 Å².